The quantitative estimate of drug-likeness (QED) is 0.733. The van der Waals surface area contributed by atoms with Crippen LogP contribution in [0.2, 0.25) is 0 Å². The fourth-order valence-corrected chi connectivity index (χ4v) is 4.24. The van der Waals surface area contributed by atoms with Crippen LogP contribution in [0.4, 0.5) is 4.39 Å². The molecule has 1 unspecified atom stereocenters. The molecule has 1 aliphatic rings. The second kappa shape index (κ2) is 10.3. The number of nitrogens with zero attached hydrogens (tertiary/aromatic N) is 2. The molecule has 3 rings (SSSR count). The second-order valence-electron chi connectivity index (χ2n) is 7.24. The Morgan fingerprint density at radius 3 is 2.63 bits per heavy atom. The van der Waals surface area contributed by atoms with Crippen LogP contribution in [-0.2, 0) is 16.1 Å². The zero-order valence-electron chi connectivity index (χ0n) is 17.0. The molecule has 1 saturated heterocycles. The standard InChI is InChI=1S/C22H26FN3O3S/c1-2-25(15-20(27)24-14-16-8-10-17(23)11-9-16)21(28)18-6-3-4-12-26(18)22(29)19-7-5-13-30-19/h5,7-11,13,18H,2-4,6,12,14-15H2,1H3,(H,24,27). The number of carbonyl (C=O) groups excluding carboxylic acids is 3. The van der Waals surface area contributed by atoms with Gasteiger partial charge in [-0.25, -0.2) is 4.39 Å². The van der Waals surface area contributed by atoms with Crippen molar-refractivity contribution in [3.8, 4) is 0 Å². The first kappa shape index (κ1) is 22.0. The minimum atomic E-state index is -0.543. The summed E-state index contributed by atoms with van der Waals surface area (Å²) >= 11 is 1.36. The first-order chi connectivity index (χ1) is 14.5. The molecule has 1 aromatic heterocycles. The van der Waals surface area contributed by atoms with Crippen LogP contribution in [0.5, 0.6) is 0 Å². The number of carbonyl (C=O) groups is 3. The third-order valence-corrected chi connectivity index (χ3v) is 6.07. The number of nitrogens with one attached hydrogen (secondary N) is 1. The zero-order valence-corrected chi connectivity index (χ0v) is 17.8. The van der Waals surface area contributed by atoms with E-state index in [9.17, 15) is 18.8 Å². The van der Waals surface area contributed by atoms with Crippen LogP contribution in [0, 0.1) is 5.82 Å². The number of likely N-dealkylation sites (tertiary alicyclic amines) is 1. The maximum atomic E-state index is 13.2. The zero-order chi connectivity index (χ0) is 21.5. The Hall–Kier alpha value is -2.74. The lowest BCUT2D eigenvalue weighted by atomic mass is 10.0. The van der Waals surface area contributed by atoms with Gasteiger partial charge in [-0.2, -0.15) is 0 Å². The van der Waals surface area contributed by atoms with Crippen LogP contribution >= 0.6 is 11.3 Å². The fraction of sp³-hybridized carbons (Fsp3) is 0.409. The van der Waals surface area contributed by atoms with Gasteiger partial charge < -0.3 is 15.1 Å². The van der Waals surface area contributed by atoms with Gasteiger partial charge in [0.25, 0.3) is 5.91 Å². The number of thiophene rings is 1. The van der Waals surface area contributed by atoms with E-state index in [0.29, 0.717) is 24.4 Å². The first-order valence-corrected chi connectivity index (χ1v) is 11.0. The van der Waals surface area contributed by atoms with E-state index in [1.165, 1.54) is 28.4 Å². The molecule has 0 bridgehead atoms. The van der Waals surface area contributed by atoms with Gasteiger partial charge >= 0.3 is 0 Å². The minimum absolute atomic E-state index is 0.0753. The summed E-state index contributed by atoms with van der Waals surface area (Å²) in [6.07, 6.45) is 2.34. The Bertz CT molecular complexity index is 870. The average Bonchev–Trinajstić information content (AvgIpc) is 3.31. The molecule has 1 aliphatic heterocycles. The summed E-state index contributed by atoms with van der Waals surface area (Å²) in [6, 6.07) is 8.94. The highest BCUT2D eigenvalue weighted by atomic mass is 32.1. The summed E-state index contributed by atoms with van der Waals surface area (Å²) in [6.45, 7) is 2.92. The van der Waals surface area contributed by atoms with E-state index in [1.807, 2.05) is 18.4 Å². The molecular formula is C22H26FN3O3S. The number of likely N-dealkylation sites (N-methyl/N-ethyl adjacent to an activating group) is 1. The van der Waals surface area contributed by atoms with E-state index in [0.717, 1.165) is 18.4 Å². The Morgan fingerprint density at radius 2 is 1.97 bits per heavy atom. The van der Waals surface area contributed by atoms with Gasteiger partial charge in [0.1, 0.15) is 11.9 Å². The minimum Gasteiger partial charge on any atom is -0.350 e. The molecule has 0 aliphatic carbocycles. The van der Waals surface area contributed by atoms with Crippen molar-refractivity contribution in [2.24, 2.45) is 0 Å². The van der Waals surface area contributed by atoms with E-state index in [2.05, 4.69) is 5.32 Å². The Balaban J connectivity index is 1.61. The number of hydrogen-bond acceptors (Lipinski definition) is 4. The van der Waals surface area contributed by atoms with Crippen molar-refractivity contribution in [3.63, 3.8) is 0 Å². The van der Waals surface area contributed by atoms with Gasteiger partial charge in [0.2, 0.25) is 11.8 Å². The molecule has 30 heavy (non-hydrogen) atoms. The molecule has 1 aromatic carbocycles. The van der Waals surface area contributed by atoms with Gasteiger partial charge in [-0.3, -0.25) is 14.4 Å². The highest BCUT2D eigenvalue weighted by molar-refractivity contribution is 7.12. The first-order valence-electron chi connectivity index (χ1n) is 10.1. The SMILES string of the molecule is CCN(CC(=O)NCc1ccc(F)cc1)C(=O)C1CCCCN1C(=O)c1cccs1. The van der Waals surface area contributed by atoms with Crippen molar-refractivity contribution < 1.29 is 18.8 Å². The molecule has 6 nitrogen and oxygen atoms in total. The largest absolute Gasteiger partial charge is 0.350 e. The third-order valence-electron chi connectivity index (χ3n) is 5.21. The predicted octanol–water partition coefficient (Wildman–Crippen LogP) is 3.05. The van der Waals surface area contributed by atoms with Crippen LogP contribution in [0.3, 0.4) is 0 Å². The van der Waals surface area contributed by atoms with Crippen LogP contribution < -0.4 is 5.32 Å². The van der Waals surface area contributed by atoms with Gasteiger partial charge in [0.05, 0.1) is 11.4 Å². The van der Waals surface area contributed by atoms with Crippen molar-refractivity contribution >= 4 is 29.1 Å². The molecular weight excluding hydrogens is 405 g/mol. The van der Waals surface area contributed by atoms with Gasteiger partial charge in [0.15, 0.2) is 0 Å². The normalized spacial score (nSPS) is 16.2. The molecule has 1 N–H and O–H groups in total. The monoisotopic (exact) mass is 431 g/mol. The molecule has 0 spiro atoms. The molecule has 8 heteroatoms. The molecule has 160 valence electrons. The van der Waals surface area contributed by atoms with Crippen molar-refractivity contribution in [3.05, 3.63) is 58.0 Å². The van der Waals surface area contributed by atoms with Gasteiger partial charge in [-0.15, -0.1) is 11.3 Å². The van der Waals surface area contributed by atoms with Crippen LogP contribution in [0.25, 0.3) is 0 Å². The van der Waals surface area contributed by atoms with Gasteiger partial charge in [0, 0.05) is 19.6 Å². The number of hydrogen-bond donors (Lipinski definition) is 1. The number of halogens is 1. The molecule has 3 amide bonds. The fourth-order valence-electron chi connectivity index (χ4n) is 3.56. The molecule has 1 atom stereocenters. The number of piperidine rings is 1. The second-order valence-corrected chi connectivity index (χ2v) is 8.19. The molecule has 2 heterocycles. The molecule has 2 aromatic rings. The van der Waals surface area contributed by atoms with Crippen LogP contribution in [0.15, 0.2) is 41.8 Å². The van der Waals surface area contributed by atoms with Crippen LogP contribution in [0.1, 0.15) is 41.4 Å². The lowest BCUT2D eigenvalue weighted by Crippen LogP contribution is -2.54. The van der Waals surface area contributed by atoms with Crippen molar-refractivity contribution in [2.75, 3.05) is 19.6 Å². The van der Waals surface area contributed by atoms with E-state index in [1.54, 1.807) is 23.1 Å². The van der Waals surface area contributed by atoms with Gasteiger partial charge in [-0.05, 0) is 55.3 Å². The lowest BCUT2D eigenvalue weighted by Gasteiger charge is -2.37. The van der Waals surface area contributed by atoms with Crippen LogP contribution in [-0.4, -0.2) is 53.2 Å². The summed E-state index contributed by atoms with van der Waals surface area (Å²) < 4.78 is 13.0. The van der Waals surface area contributed by atoms with Crippen molar-refractivity contribution in [2.45, 2.75) is 38.8 Å². The van der Waals surface area contributed by atoms with E-state index < -0.39 is 6.04 Å². The maximum Gasteiger partial charge on any atom is 0.264 e. The predicted molar refractivity (Wildman–Crippen MR) is 113 cm³/mol. The Labute approximate surface area is 179 Å². The summed E-state index contributed by atoms with van der Waals surface area (Å²) in [7, 11) is 0. The van der Waals surface area contributed by atoms with Gasteiger partial charge in [-0.1, -0.05) is 18.2 Å². The van der Waals surface area contributed by atoms with E-state index >= 15 is 0 Å². The Kier molecular flexibility index (Phi) is 7.57. The maximum absolute atomic E-state index is 13.2. The van der Waals surface area contributed by atoms with Crippen molar-refractivity contribution in [1.29, 1.82) is 0 Å². The number of rotatable bonds is 7. The smallest absolute Gasteiger partial charge is 0.264 e. The summed E-state index contributed by atoms with van der Waals surface area (Å²) in [4.78, 5) is 42.2. The third kappa shape index (κ3) is 5.44. The topological polar surface area (TPSA) is 69.7 Å². The van der Waals surface area contributed by atoms with E-state index in [4.69, 9.17) is 0 Å². The highest BCUT2D eigenvalue weighted by Gasteiger charge is 2.35. The van der Waals surface area contributed by atoms with Crippen molar-refractivity contribution in [1.82, 2.24) is 15.1 Å². The summed E-state index contributed by atoms with van der Waals surface area (Å²) in [5.41, 5.74) is 0.777. The summed E-state index contributed by atoms with van der Waals surface area (Å²) in [5, 5.41) is 4.61. The highest BCUT2D eigenvalue weighted by Crippen LogP contribution is 2.23. The number of benzene rings is 1. The number of amides is 3. The average molecular weight is 432 g/mol. The molecule has 1 fully saturated rings. The summed E-state index contributed by atoms with van der Waals surface area (Å²) in [5.74, 6) is -0.942. The Morgan fingerprint density at radius 1 is 1.20 bits per heavy atom. The molecule has 0 saturated carbocycles. The molecule has 0 radical (unpaired) electrons. The van der Waals surface area contributed by atoms with E-state index in [-0.39, 0.29) is 36.6 Å². The lowest BCUT2D eigenvalue weighted by molar-refractivity contribution is -0.140.